The molecule has 2 saturated heterocycles. The van der Waals surface area contributed by atoms with Crippen LogP contribution in [0.25, 0.3) is 6.08 Å². The van der Waals surface area contributed by atoms with E-state index in [0.717, 1.165) is 63.0 Å². The molecule has 1 aromatic heterocycles. The van der Waals surface area contributed by atoms with Crippen molar-refractivity contribution in [2.75, 3.05) is 24.5 Å². The van der Waals surface area contributed by atoms with E-state index in [1.807, 2.05) is 13.0 Å². The van der Waals surface area contributed by atoms with Gasteiger partial charge in [-0.25, -0.2) is 0 Å². The number of thiocarbonyl (C=S) groups is 1. The van der Waals surface area contributed by atoms with E-state index in [-0.39, 0.29) is 17.0 Å². The highest BCUT2D eigenvalue weighted by molar-refractivity contribution is 8.26. The highest BCUT2D eigenvalue weighted by Crippen LogP contribution is 2.37. The Hall–Kier alpha value is -2.11. The molecule has 0 aromatic carbocycles. The number of unbranched alkanes of at least 4 members (excludes halogenated alkanes) is 1. The summed E-state index contributed by atoms with van der Waals surface area (Å²) in [6, 6.07) is 2.09. The van der Waals surface area contributed by atoms with Crippen molar-refractivity contribution in [1.82, 2.24) is 9.47 Å². The number of thioether (sulfide) groups is 1. The number of carbonyl (C=O) groups is 1. The van der Waals surface area contributed by atoms with Crippen molar-refractivity contribution >= 4 is 46.1 Å². The third kappa shape index (κ3) is 5.58. The van der Waals surface area contributed by atoms with Crippen LogP contribution in [0, 0.1) is 24.2 Å². The summed E-state index contributed by atoms with van der Waals surface area (Å²) in [5, 5.41) is 9.69. The van der Waals surface area contributed by atoms with Crippen molar-refractivity contribution < 1.29 is 4.79 Å². The molecule has 34 heavy (non-hydrogen) atoms. The van der Waals surface area contributed by atoms with Crippen LogP contribution in [0.5, 0.6) is 0 Å². The van der Waals surface area contributed by atoms with E-state index in [1.54, 1.807) is 16.5 Å². The van der Waals surface area contributed by atoms with Crippen LogP contribution in [-0.2, 0) is 11.8 Å². The summed E-state index contributed by atoms with van der Waals surface area (Å²) in [4.78, 5) is 30.9. The van der Waals surface area contributed by atoms with Crippen molar-refractivity contribution in [3.8, 4) is 6.07 Å². The number of amides is 1. The Morgan fingerprint density at radius 1 is 1.18 bits per heavy atom. The largest absolute Gasteiger partial charge is 0.357 e. The van der Waals surface area contributed by atoms with Gasteiger partial charge in [0, 0.05) is 32.2 Å². The van der Waals surface area contributed by atoms with Gasteiger partial charge in [0.05, 0.1) is 4.91 Å². The molecule has 0 saturated carbocycles. The molecular formula is C26H36N4O2S2. The lowest BCUT2D eigenvalue weighted by molar-refractivity contribution is -0.122. The van der Waals surface area contributed by atoms with Gasteiger partial charge in [-0.05, 0) is 43.7 Å². The number of hydrogen-bond acceptors (Lipinski definition) is 6. The molecule has 6 nitrogen and oxygen atoms in total. The molecule has 0 N–H and O–H groups in total. The summed E-state index contributed by atoms with van der Waals surface area (Å²) >= 11 is 6.93. The van der Waals surface area contributed by atoms with Crippen LogP contribution in [0.1, 0.15) is 81.9 Å². The first-order valence-corrected chi connectivity index (χ1v) is 13.7. The average Bonchev–Trinajstić information content (AvgIpc) is 3.00. The number of hydrogen-bond donors (Lipinski definition) is 0. The molecule has 2 aliphatic rings. The smallest absolute Gasteiger partial charge is 0.270 e. The lowest BCUT2D eigenvalue weighted by Gasteiger charge is -2.28. The van der Waals surface area contributed by atoms with Crippen molar-refractivity contribution in [1.29, 1.82) is 5.26 Å². The fourth-order valence-corrected chi connectivity index (χ4v) is 6.10. The van der Waals surface area contributed by atoms with Crippen LogP contribution in [0.15, 0.2) is 9.70 Å². The summed E-state index contributed by atoms with van der Waals surface area (Å²) in [7, 11) is 1.73. The van der Waals surface area contributed by atoms with E-state index in [9.17, 15) is 14.9 Å². The number of aromatic nitrogens is 1. The van der Waals surface area contributed by atoms with Crippen LogP contribution in [0.3, 0.4) is 0 Å². The minimum Gasteiger partial charge on any atom is -0.357 e. The fourth-order valence-electron chi connectivity index (χ4n) is 4.84. The van der Waals surface area contributed by atoms with Gasteiger partial charge < -0.3 is 4.90 Å². The minimum absolute atomic E-state index is 0.0708. The number of rotatable bonds is 8. The van der Waals surface area contributed by atoms with Crippen LogP contribution < -0.4 is 10.5 Å². The molecule has 0 aliphatic carbocycles. The average molecular weight is 501 g/mol. The fraction of sp³-hybridized carbons (Fsp3) is 0.615. The van der Waals surface area contributed by atoms with E-state index in [1.165, 1.54) is 24.6 Å². The third-order valence-electron chi connectivity index (χ3n) is 7.01. The normalized spacial score (nSPS) is 19.0. The van der Waals surface area contributed by atoms with Crippen molar-refractivity contribution in [2.45, 2.75) is 72.1 Å². The van der Waals surface area contributed by atoms with E-state index in [4.69, 9.17) is 12.2 Å². The quantitative estimate of drug-likeness (QED) is 0.353. The lowest BCUT2D eigenvalue weighted by atomic mass is 9.99. The zero-order valence-corrected chi connectivity index (χ0v) is 22.5. The molecule has 0 radical (unpaired) electrons. The van der Waals surface area contributed by atoms with Crippen LogP contribution in [0.4, 0.5) is 5.82 Å². The van der Waals surface area contributed by atoms with Gasteiger partial charge in [0.1, 0.15) is 21.8 Å². The molecular weight excluding hydrogens is 464 g/mol. The molecule has 3 heterocycles. The van der Waals surface area contributed by atoms with Gasteiger partial charge >= 0.3 is 0 Å². The Bertz CT molecular complexity index is 1060. The van der Waals surface area contributed by atoms with Crippen molar-refractivity contribution in [3.05, 3.63) is 31.9 Å². The van der Waals surface area contributed by atoms with Gasteiger partial charge in [-0.2, -0.15) is 5.26 Å². The van der Waals surface area contributed by atoms with Gasteiger partial charge in [0.2, 0.25) is 0 Å². The predicted octanol–water partition coefficient (Wildman–Crippen LogP) is 5.36. The molecule has 8 heteroatoms. The number of carbonyl (C=O) groups excluding carboxylic acids is 1. The van der Waals surface area contributed by atoms with Crippen LogP contribution >= 0.6 is 24.0 Å². The SMILES string of the molecule is CCCCC(CC)CN1C(=O)C(=Cc2c(C)c(C#N)c(=O)n(C)c2N2CCCCCC2)SC1=S. The molecule has 1 unspecified atom stereocenters. The molecule has 2 fully saturated rings. The summed E-state index contributed by atoms with van der Waals surface area (Å²) in [6.07, 6.45) is 10.7. The second-order valence-corrected chi connectivity index (χ2v) is 11.0. The maximum atomic E-state index is 13.4. The number of nitrogens with zero attached hydrogens (tertiary/aromatic N) is 4. The highest BCUT2D eigenvalue weighted by Gasteiger charge is 2.34. The molecule has 1 aromatic rings. The second-order valence-electron chi connectivity index (χ2n) is 9.32. The first-order chi connectivity index (χ1) is 16.3. The third-order valence-corrected chi connectivity index (χ3v) is 8.38. The van der Waals surface area contributed by atoms with Gasteiger partial charge in [0.25, 0.3) is 11.5 Å². The molecule has 0 bridgehead atoms. The standard InChI is InChI=1S/C26H36N4O2S2/c1-5-7-12-19(6-2)17-30-25(32)22(34-26(30)33)15-20-18(3)21(16-27)24(31)28(4)23(20)29-13-10-8-9-11-14-29/h15,19H,5-14,17H2,1-4H3. The lowest BCUT2D eigenvalue weighted by Crippen LogP contribution is -2.34. The Kier molecular flexibility index (Phi) is 9.38. The van der Waals surface area contributed by atoms with Gasteiger partial charge in [-0.1, -0.05) is 69.9 Å². The first-order valence-electron chi connectivity index (χ1n) is 12.5. The number of pyridine rings is 1. The maximum absolute atomic E-state index is 13.4. The highest BCUT2D eigenvalue weighted by atomic mass is 32.2. The van der Waals surface area contributed by atoms with Gasteiger partial charge in [0.15, 0.2) is 0 Å². The molecule has 1 amide bonds. The van der Waals surface area contributed by atoms with E-state index >= 15 is 0 Å². The monoisotopic (exact) mass is 500 g/mol. The molecule has 3 rings (SSSR count). The van der Waals surface area contributed by atoms with Crippen LogP contribution in [-0.4, -0.2) is 39.3 Å². The molecule has 1 atom stereocenters. The summed E-state index contributed by atoms with van der Waals surface area (Å²) < 4.78 is 2.17. The Morgan fingerprint density at radius 3 is 2.44 bits per heavy atom. The summed E-state index contributed by atoms with van der Waals surface area (Å²) in [5.74, 6) is 1.15. The van der Waals surface area contributed by atoms with Crippen LogP contribution in [0.2, 0.25) is 0 Å². The molecule has 0 spiro atoms. The Morgan fingerprint density at radius 2 is 1.85 bits per heavy atom. The zero-order valence-electron chi connectivity index (χ0n) is 20.9. The molecule has 2 aliphatic heterocycles. The summed E-state index contributed by atoms with van der Waals surface area (Å²) in [5.41, 5.74) is 1.25. The Balaban J connectivity index is 2.03. The molecule has 184 valence electrons. The van der Waals surface area contributed by atoms with Crippen molar-refractivity contribution in [2.24, 2.45) is 13.0 Å². The van der Waals surface area contributed by atoms with E-state index in [2.05, 4.69) is 24.8 Å². The first kappa shape index (κ1) is 26.5. The maximum Gasteiger partial charge on any atom is 0.270 e. The van der Waals surface area contributed by atoms with Crippen molar-refractivity contribution in [3.63, 3.8) is 0 Å². The van der Waals surface area contributed by atoms with E-state index in [0.29, 0.717) is 27.3 Å². The predicted molar refractivity (Wildman–Crippen MR) is 145 cm³/mol. The number of nitriles is 1. The summed E-state index contributed by atoms with van der Waals surface area (Å²) in [6.45, 7) is 8.52. The van der Waals surface area contributed by atoms with Gasteiger partial charge in [-0.3, -0.25) is 19.1 Å². The van der Waals surface area contributed by atoms with Gasteiger partial charge in [-0.15, -0.1) is 0 Å². The number of anilines is 1. The van der Waals surface area contributed by atoms with E-state index < -0.39 is 0 Å². The second kappa shape index (κ2) is 12.0. The topological polar surface area (TPSA) is 69.3 Å². The minimum atomic E-state index is -0.286. The zero-order chi connectivity index (χ0) is 24.8. The Labute approximate surface area is 213 Å².